The quantitative estimate of drug-likeness (QED) is 0.688. The number of alkyl halides is 1. The monoisotopic (exact) mass is 419 g/mol. The van der Waals surface area contributed by atoms with E-state index in [1.165, 1.54) is 0 Å². The highest BCUT2D eigenvalue weighted by Crippen LogP contribution is 2.74. The van der Waals surface area contributed by atoms with Crippen molar-refractivity contribution in [3.63, 3.8) is 0 Å². The van der Waals surface area contributed by atoms with E-state index in [0.717, 1.165) is 31.4 Å². The minimum atomic E-state index is -1.46. The molecule has 164 valence electrons. The Morgan fingerprint density at radius 2 is 1.93 bits per heavy atom. The summed E-state index contributed by atoms with van der Waals surface area (Å²) < 4.78 is 25.6. The number of aryl methyl sites for hydroxylation is 1. The predicted octanol–water partition coefficient (Wildman–Crippen LogP) is 2.29. The Morgan fingerprint density at radius 1 is 1.23 bits per heavy atom. The Morgan fingerprint density at radius 3 is 2.57 bits per heavy atom. The molecule has 1 aliphatic heterocycles. The van der Waals surface area contributed by atoms with Crippen LogP contribution in [0.1, 0.15) is 50.0 Å². The van der Waals surface area contributed by atoms with Gasteiger partial charge in [-0.05, 0) is 75.8 Å². The minimum Gasteiger partial charge on any atom is -0.462 e. The highest BCUT2D eigenvalue weighted by molar-refractivity contribution is 5.87. The van der Waals surface area contributed by atoms with Crippen LogP contribution in [0.5, 0.6) is 0 Å². The van der Waals surface area contributed by atoms with E-state index in [-0.39, 0.29) is 42.3 Å². The number of carbonyl (C=O) groups is 2. The third kappa shape index (κ3) is 3.33. The molecular formula is C22H30FN3O4. The molecule has 1 amide bonds. The Kier molecular flexibility index (Phi) is 4.87. The largest absolute Gasteiger partial charge is 0.462 e. The maximum Gasteiger partial charge on any atom is 0.310 e. The number of piperidine rings is 1. The van der Waals surface area contributed by atoms with E-state index < -0.39 is 17.5 Å². The van der Waals surface area contributed by atoms with Crippen LogP contribution < -0.4 is 10.6 Å². The zero-order valence-electron chi connectivity index (χ0n) is 17.4. The van der Waals surface area contributed by atoms with E-state index in [0.29, 0.717) is 31.7 Å². The molecule has 3 saturated carbocycles. The lowest BCUT2D eigenvalue weighted by atomic mass is 9.78. The summed E-state index contributed by atoms with van der Waals surface area (Å²) in [6.07, 6.45) is 4.79. The van der Waals surface area contributed by atoms with Gasteiger partial charge in [-0.15, -0.1) is 0 Å². The van der Waals surface area contributed by atoms with E-state index in [1.54, 1.807) is 6.07 Å². The Bertz CT molecular complexity index is 830. The first-order valence-corrected chi connectivity index (χ1v) is 11.2. The van der Waals surface area contributed by atoms with E-state index in [9.17, 15) is 14.0 Å². The van der Waals surface area contributed by atoms with Gasteiger partial charge in [0.2, 0.25) is 5.91 Å². The average Bonchev–Trinajstić information content (AvgIpc) is 3.22. The molecule has 0 radical (unpaired) electrons. The number of ether oxygens (including phenoxy) is 1. The van der Waals surface area contributed by atoms with Gasteiger partial charge < -0.3 is 19.9 Å². The first kappa shape index (κ1) is 20.0. The Balaban J connectivity index is 1.28. The van der Waals surface area contributed by atoms with Crippen LogP contribution in [0.15, 0.2) is 10.6 Å². The zero-order valence-corrected chi connectivity index (χ0v) is 17.4. The second-order valence-electron chi connectivity index (χ2n) is 9.74. The third-order valence-corrected chi connectivity index (χ3v) is 8.01. The maximum atomic E-state index is 14.9. The van der Waals surface area contributed by atoms with Gasteiger partial charge in [0, 0.05) is 6.07 Å². The van der Waals surface area contributed by atoms with Gasteiger partial charge in [-0.3, -0.25) is 9.59 Å². The summed E-state index contributed by atoms with van der Waals surface area (Å²) >= 11 is 0. The zero-order chi connectivity index (χ0) is 20.9. The molecule has 0 aromatic carbocycles. The normalized spacial score (nSPS) is 32.9. The lowest BCUT2D eigenvalue weighted by Gasteiger charge is -2.32. The van der Waals surface area contributed by atoms with Crippen molar-refractivity contribution in [2.24, 2.45) is 29.1 Å². The van der Waals surface area contributed by atoms with Crippen LogP contribution in [0, 0.1) is 36.0 Å². The summed E-state index contributed by atoms with van der Waals surface area (Å²) in [5.41, 5.74) is -0.579. The summed E-state index contributed by atoms with van der Waals surface area (Å²) in [5.74, 6) is -0.383. The molecule has 2 N–H and O–H groups in total. The molecule has 1 aromatic rings. The van der Waals surface area contributed by atoms with Gasteiger partial charge >= 0.3 is 5.97 Å². The highest BCUT2D eigenvalue weighted by Gasteiger charge is 2.72. The Labute approximate surface area is 175 Å². The minimum absolute atomic E-state index is 0.122. The Hall–Kier alpha value is -1.96. The molecule has 2 heterocycles. The maximum absolute atomic E-state index is 14.9. The summed E-state index contributed by atoms with van der Waals surface area (Å²) in [5, 5.41) is 9.91. The van der Waals surface area contributed by atoms with Gasteiger partial charge in [-0.25, -0.2) is 4.39 Å². The summed E-state index contributed by atoms with van der Waals surface area (Å²) in [4.78, 5) is 26.3. The lowest BCUT2D eigenvalue weighted by Crippen LogP contribution is -2.45. The molecule has 30 heavy (non-hydrogen) atoms. The van der Waals surface area contributed by atoms with Crippen molar-refractivity contribution in [1.82, 2.24) is 15.8 Å². The number of amides is 1. The predicted molar refractivity (Wildman–Crippen MR) is 105 cm³/mol. The fourth-order valence-corrected chi connectivity index (χ4v) is 6.43. The first-order valence-electron chi connectivity index (χ1n) is 11.2. The highest BCUT2D eigenvalue weighted by atomic mass is 19.1. The van der Waals surface area contributed by atoms with Crippen LogP contribution in [0.3, 0.4) is 0 Å². The molecule has 1 saturated heterocycles. The second-order valence-corrected chi connectivity index (χ2v) is 9.74. The van der Waals surface area contributed by atoms with E-state index in [2.05, 4.69) is 15.8 Å². The van der Waals surface area contributed by atoms with Crippen molar-refractivity contribution in [3.05, 3.63) is 17.5 Å². The topological polar surface area (TPSA) is 93.5 Å². The second kappa shape index (κ2) is 7.32. The first-order chi connectivity index (χ1) is 14.4. The van der Waals surface area contributed by atoms with Crippen LogP contribution in [-0.4, -0.2) is 42.4 Å². The SMILES string of the molecule is Cc1cc(CNC(=O)[C@H]2[C@H](C(=O)OCC3(F)CCNCC3)[C@H]3CC[C@@H]2C32CC2)on1. The number of carbonyl (C=O) groups excluding carboxylic acids is 2. The van der Waals surface area contributed by atoms with Gasteiger partial charge in [0.1, 0.15) is 12.3 Å². The van der Waals surface area contributed by atoms with Crippen LogP contribution >= 0.6 is 0 Å². The molecule has 1 aromatic heterocycles. The van der Waals surface area contributed by atoms with Gasteiger partial charge in [0.15, 0.2) is 5.76 Å². The average molecular weight is 419 g/mol. The van der Waals surface area contributed by atoms with Crippen LogP contribution in [0.2, 0.25) is 0 Å². The fraction of sp³-hybridized carbons (Fsp3) is 0.773. The third-order valence-electron chi connectivity index (χ3n) is 8.01. The van der Waals surface area contributed by atoms with Gasteiger partial charge in [-0.2, -0.15) is 0 Å². The number of nitrogens with one attached hydrogen (secondary N) is 2. The van der Waals surface area contributed by atoms with Crippen molar-refractivity contribution in [2.75, 3.05) is 19.7 Å². The van der Waals surface area contributed by atoms with Crippen molar-refractivity contribution in [3.8, 4) is 0 Å². The lowest BCUT2D eigenvalue weighted by molar-refractivity contribution is -0.160. The van der Waals surface area contributed by atoms with Gasteiger partial charge in [0.05, 0.1) is 24.1 Å². The van der Waals surface area contributed by atoms with Crippen LogP contribution in [-0.2, 0) is 20.9 Å². The van der Waals surface area contributed by atoms with Crippen LogP contribution in [0.4, 0.5) is 4.39 Å². The number of hydrogen-bond acceptors (Lipinski definition) is 6. The smallest absolute Gasteiger partial charge is 0.310 e. The molecule has 2 bridgehead atoms. The molecular weight excluding hydrogens is 389 g/mol. The van der Waals surface area contributed by atoms with Crippen LogP contribution in [0.25, 0.3) is 0 Å². The molecule has 4 atom stereocenters. The van der Waals surface area contributed by atoms with E-state index in [1.807, 2.05) is 6.92 Å². The summed E-state index contributed by atoms with van der Waals surface area (Å²) in [6, 6.07) is 1.79. The van der Waals surface area contributed by atoms with Crippen molar-refractivity contribution in [2.45, 2.75) is 57.7 Å². The summed E-state index contributed by atoms with van der Waals surface area (Å²) in [7, 11) is 0. The molecule has 0 unspecified atom stereocenters. The number of halogens is 1. The summed E-state index contributed by atoms with van der Waals surface area (Å²) in [6.45, 7) is 3.06. The van der Waals surface area contributed by atoms with Crippen molar-refractivity contribution >= 4 is 11.9 Å². The van der Waals surface area contributed by atoms with Crippen molar-refractivity contribution in [1.29, 1.82) is 0 Å². The van der Waals surface area contributed by atoms with E-state index in [4.69, 9.17) is 9.26 Å². The molecule has 5 rings (SSSR count). The van der Waals surface area contributed by atoms with Gasteiger partial charge in [0.25, 0.3) is 0 Å². The molecule has 4 aliphatic rings. The van der Waals surface area contributed by atoms with E-state index >= 15 is 0 Å². The molecule has 3 aliphatic carbocycles. The van der Waals surface area contributed by atoms with Gasteiger partial charge in [-0.1, -0.05) is 5.16 Å². The molecule has 4 fully saturated rings. The molecule has 1 spiro atoms. The number of esters is 1. The number of rotatable bonds is 6. The number of nitrogens with zero attached hydrogens (tertiary/aromatic N) is 1. The number of hydrogen-bond donors (Lipinski definition) is 2. The standard InChI is InChI=1S/C22H30FN3O4/c1-13-10-14(30-26-13)11-25-19(27)17-15-2-3-16(22(15)4-5-22)18(17)20(28)29-12-21(23)6-8-24-9-7-21/h10,15-18,24H,2-9,11-12H2,1H3,(H,25,27)/t15-,16+,17+,18+/m0/s1. The fourth-order valence-electron chi connectivity index (χ4n) is 6.43. The molecule has 8 heteroatoms. The number of aromatic nitrogens is 1. The molecule has 7 nitrogen and oxygen atoms in total. The van der Waals surface area contributed by atoms with Crippen molar-refractivity contribution < 1.29 is 23.2 Å².